The molecular formula is C28H21F3N4O3S3. The van der Waals surface area contributed by atoms with Gasteiger partial charge in [0.05, 0.1) is 23.6 Å². The summed E-state index contributed by atoms with van der Waals surface area (Å²) < 4.78 is 48.6. The van der Waals surface area contributed by atoms with E-state index in [1.807, 2.05) is 25.1 Å². The molecule has 0 spiro atoms. The van der Waals surface area contributed by atoms with Crippen LogP contribution in [0.25, 0.3) is 21.7 Å². The Kier molecular flexibility index (Phi) is 8.29. The normalized spacial score (nSPS) is 11.5. The molecule has 0 radical (unpaired) electrons. The largest absolute Gasteiger partial charge is 0.494 e. The fraction of sp³-hybridized carbons (Fsp3) is 0.143. The highest BCUT2D eigenvalue weighted by molar-refractivity contribution is 7.99. The lowest BCUT2D eigenvalue weighted by atomic mass is 10.2. The lowest BCUT2D eigenvalue weighted by molar-refractivity contribution is -0.137. The van der Waals surface area contributed by atoms with Crippen LogP contribution in [0.15, 0.2) is 88.8 Å². The summed E-state index contributed by atoms with van der Waals surface area (Å²) in [4.78, 5) is 31.3. The van der Waals surface area contributed by atoms with Crippen molar-refractivity contribution in [3.8, 4) is 17.1 Å². The lowest BCUT2D eigenvalue weighted by Crippen LogP contribution is -2.22. The van der Waals surface area contributed by atoms with Crippen LogP contribution < -0.4 is 15.6 Å². The Hall–Kier alpha value is -3.94. The number of benzene rings is 3. The maximum absolute atomic E-state index is 13.8. The number of aromatic nitrogens is 3. The third kappa shape index (κ3) is 6.21. The van der Waals surface area contributed by atoms with E-state index in [2.05, 4.69) is 5.32 Å². The molecule has 13 heteroatoms. The number of nitrogens with one attached hydrogen (secondary N) is 1. The van der Waals surface area contributed by atoms with Crippen molar-refractivity contribution in [3.05, 3.63) is 98.7 Å². The van der Waals surface area contributed by atoms with Gasteiger partial charge >= 0.3 is 6.18 Å². The van der Waals surface area contributed by atoms with Gasteiger partial charge in [0.1, 0.15) is 10.4 Å². The van der Waals surface area contributed by atoms with E-state index in [1.54, 1.807) is 41.0 Å². The van der Waals surface area contributed by atoms with Crippen molar-refractivity contribution in [1.29, 1.82) is 0 Å². The second kappa shape index (κ2) is 11.9. The molecule has 0 aliphatic carbocycles. The highest BCUT2D eigenvalue weighted by Gasteiger charge is 2.30. The number of carbonyl (C=O) groups excluding carboxylic acids is 1. The average molecular weight is 615 g/mol. The first-order valence-electron chi connectivity index (χ1n) is 12.2. The van der Waals surface area contributed by atoms with Gasteiger partial charge in [-0.15, -0.1) is 0 Å². The van der Waals surface area contributed by atoms with E-state index in [0.29, 0.717) is 38.0 Å². The van der Waals surface area contributed by atoms with Gasteiger partial charge in [-0.1, -0.05) is 47.4 Å². The molecule has 2 aromatic heterocycles. The fourth-order valence-electron chi connectivity index (χ4n) is 4.02. The molecule has 5 aromatic rings. The van der Waals surface area contributed by atoms with Gasteiger partial charge in [-0.2, -0.15) is 13.2 Å². The van der Waals surface area contributed by atoms with E-state index >= 15 is 0 Å². The van der Waals surface area contributed by atoms with Crippen LogP contribution in [0.5, 0.6) is 5.75 Å². The number of hydrogen-bond donors (Lipinski definition) is 1. The minimum atomic E-state index is -4.54. The van der Waals surface area contributed by atoms with Crippen LogP contribution >= 0.6 is 35.3 Å². The van der Waals surface area contributed by atoms with Crippen molar-refractivity contribution in [2.45, 2.75) is 18.3 Å². The SMILES string of the molecule is CCOc1ccc(-n2c(=S)sc3c(=O)n(-c4ccccc4)c(SCC(=O)Nc4cccc(C(F)(F)F)c4)nc32)cc1. The molecule has 0 saturated carbocycles. The first-order chi connectivity index (χ1) is 19.7. The number of nitrogens with zero attached hydrogens (tertiary/aromatic N) is 3. The second-order valence-corrected chi connectivity index (χ2v) is 11.2. The Morgan fingerprint density at radius 2 is 1.73 bits per heavy atom. The predicted molar refractivity (Wildman–Crippen MR) is 157 cm³/mol. The van der Waals surface area contributed by atoms with Crippen LogP contribution in [0.1, 0.15) is 12.5 Å². The zero-order valence-electron chi connectivity index (χ0n) is 21.3. The summed E-state index contributed by atoms with van der Waals surface area (Å²) in [5.41, 5.74) is 0.344. The minimum Gasteiger partial charge on any atom is -0.494 e. The van der Waals surface area contributed by atoms with Gasteiger partial charge in [0.2, 0.25) is 5.91 Å². The van der Waals surface area contributed by atoms with Crippen LogP contribution in [-0.2, 0) is 11.0 Å². The summed E-state index contributed by atoms with van der Waals surface area (Å²) in [6, 6.07) is 20.4. The molecule has 1 N–H and O–H groups in total. The number of fused-ring (bicyclic) bond motifs is 1. The molecule has 5 rings (SSSR count). The molecule has 2 heterocycles. The molecule has 7 nitrogen and oxygen atoms in total. The third-order valence-electron chi connectivity index (χ3n) is 5.80. The lowest BCUT2D eigenvalue weighted by Gasteiger charge is -2.13. The Bertz CT molecular complexity index is 1830. The van der Waals surface area contributed by atoms with E-state index in [4.69, 9.17) is 21.9 Å². The van der Waals surface area contributed by atoms with Crippen LogP contribution in [0.2, 0.25) is 0 Å². The van der Waals surface area contributed by atoms with Crippen LogP contribution in [0.4, 0.5) is 18.9 Å². The number of carbonyl (C=O) groups is 1. The molecule has 0 atom stereocenters. The first-order valence-corrected chi connectivity index (χ1v) is 14.4. The van der Waals surface area contributed by atoms with Crippen molar-refractivity contribution < 1.29 is 22.7 Å². The number of ether oxygens (including phenoxy) is 1. The van der Waals surface area contributed by atoms with Crippen LogP contribution in [0, 0.1) is 3.95 Å². The van der Waals surface area contributed by atoms with Crippen molar-refractivity contribution in [2.75, 3.05) is 17.7 Å². The molecule has 0 fully saturated rings. The number of anilines is 1. The van der Waals surface area contributed by atoms with Gasteiger partial charge in [-0.25, -0.2) is 4.98 Å². The second-order valence-electron chi connectivity index (χ2n) is 8.57. The van der Waals surface area contributed by atoms with E-state index in [9.17, 15) is 22.8 Å². The Balaban J connectivity index is 1.52. The number of para-hydroxylation sites is 1. The number of rotatable bonds is 8. The highest BCUT2D eigenvalue weighted by atomic mass is 32.2. The van der Waals surface area contributed by atoms with Crippen molar-refractivity contribution >= 4 is 57.3 Å². The first kappa shape index (κ1) is 28.6. The summed E-state index contributed by atoms with van der Waals surface area (Å²) in [5.74, 6) is -0.0868. The third-order valence-corrected chi connectivity index (χ3v) is 8.09. The smallest absolute Gasteiger partial charge is 0.416 e. The predicted octanol–water partition coefficient (Wildman–Crippen LogP) is 7.12. The Labute approximate surface area is 245 Å². The fourth-order valence-corrected chi connectivity index (χ4v) is 6.13. The van der Waals surface area contributed by atoms with E-state index < -0.39 is 17.6 Å². The minimum absolute atomic E-state index is 0.0104. The summed E-state index contributed by atoms with van der Waals surface area (Å²) >= 11 is 7.73. The van der Waals surface area contributed by atoms with Gasteiger partial charge in [0.25, 0.3) is 5.56 Å². The molecule has 1 amide bonds. The number of thiazole rings is 1. The highest BCUT2D eigenvalue weighted by Crippen LogP contribution is 2.31. The zero-order valence-corrected chi connectivity index (χ0v) is 23.8. The van der Waals surface area contributed by atoms with E-state index in [1.165, 1.54) is 16.7 Å². The topological polar surface area (TPSA) is 78.1 Å². The van der Waals surface area contributed by atoms with E-state index in [0.717, 1.165) is 35.2 Å². The van der Waals surface area contributed by atoms with Crippen molar-refractivity contribution in [3.63, 3.8) is 0 Å². The quantitative estimate of drug-likeness (QED) is 0.114. The maximum Gasteiger partial charge on any atom is 0.416 e. The van der Waals surface area contributed by atoms with Gasteiger partial charge in [-0.05, 0) is 73.7 Å². The molecular weight excluding hydrogens is 594 g/mol. The van der Waals surface area contributed by atoms with Gasteiger partial charge in [0.15, 0.2) is 14.8 Å². The summed E-state index contributed by atoms with van der Waals surface area (Å²) in [6.07, 6.45) is -4.54. The summed E-state index contributed by atoms with van der Waals surface area (Å²) in [7, 11) is 0. The molecule has 0 aliphatic heterocycles. The zero-order chi connectivity index (χ0) is 29.1. The number of alkyl halides is 3. The van der Waals surface area contributed by atoms with Crippen LogP contribution in [0.3, 0.4) is 0 Å². The Morgan fingerprint density at radius 1 is 1.02 bits per heavy atom. The summed E-state index contributed by atoms with van der Waals surface area (Å²) in [6.45, 7) is 2.40. The summed E-state index contributed by atoms with van der Waals surface area (Å²) in [5, 5.41) is 2.71. The van der Waals surface area contributed by atoms with Crippen molar-refractivity contribution in [1.82, 2.24) is 14.1 Å². The standard InChI is InChI=1S/C28H21F3N4O3S3/c1-2-38-21-13-11-20(12-14-21)34-24-23(41-27(34)39)25(37)35(19-9-4-3-5-10-19)26(33-24)40-16-22(36)32-18-8-6-7-17(15-18)28(29,30)31/h3-15H,2,16H2,1H3,(H,32,36). The number of amides is 1. The molecule has 0 aliphatic rings. The van der Waals surface area contributed by atoms with E-state index in [-0.39, 0.29) is 22.2 Å². The average Bonchev–Trinajstić information content (AvgIpc) is 3.29. The van der Waals surface area contributed by atoms with Gasteiger partial charge in [-0.3, -0.25) is 18.7 Å². The number of halogens is 3. The Morgan fingerprint density at radius 3 is 2.41 bits per heavy atom. The molecule has 0 unspecified atom stereocenters. The molecule has 41 heavy (non-hydrogen) atoms. The number of thioether (sulfide) groups is 1. The molecule has 210 valence electrons. The number of hydrogen-bond acceptors (Lipinski definition) is 7. The molecule has 0 saturated heterocycles. The maximum atomic E-state index is 13.8. The van der Waals surface area contributed by atoms with Crippen LogP contribution in [-0.4, -0.2) is 32.4 Å². The van der Waals surface area contributed by atoms with Crippen molar-refractivity contribution in [2.24, 2.45) is 0 Å². The molecule has 0 bridgehead atoms. The monoisotopic (exact) mass is 614 g/mol. The molecule has 3 aromatic carbocycles. The van der Waals surface area contributed by atoms with Gasteiger partial charge in [0, 0.05) is 11.4 Å². The van der Waals surface area contributed by atoms with Gasteiger partial charge < -0.3 is 10.1 Å².